The van der Waals surface area contributed by atoms with Crippen LogP contribution in [0.3, 0.4) is 0 Å². The van der Waals surface area contributed by atoms with Crippen molar-refractivity contribution in [2.75, 3.05) is 19.6 Å². The number of carbonyl (C=O) groups excluding carboxylic acids is 1. The highest BCUT2D eigenvalue weighted by atomic mass is 16.1. The highest BCUT2D eigenvalue weighted by Gasteiger charge is 2.29. The molecule has 1 saturated heterocycles. The Kier molecular flexibility index (Phi) is 4.00. The Labute approximate surface area is 142 Å². The molecule has 1 unspecified atom stereocenters. The fraction of sp³-hybridized carbons (Fsp3) is 0.611. The van der Waals surface area contributed by atoms with Gasteiger partial charge in [-0.3, -0.25) is 9.20 Å². The van der Waals surface area contributed by atoms with Gasteiger partial charge in [0.2, 0.25) is 0 Å². The number of hydrogen-bond acceptors (Lipinski definition) is 4. The SMILES string of the molecule is CC(C)N1CCC(c2nnc3ccc(C(=O)NCC4CC4)cn23)C1. The van der Waals surface area contributed by atoms with E-state index in [4.69, 9.17) is 0 Å². The molecule has 4 rings (SSSR count). The molecule has 0 aromatic carbocycles. The number of amides is 1. The van der Waals surface area contributed by atoms with Crippen LogP contribution in [0.5, 0.6) is 0 Å². The van der Waals surface area contributed by atoms with Gasteiger partial charge >= 0.3 is 0 Å². The third-order valence-electron chi connectivity index (χ3n) is 5.25. The van der Waals surface area contributed by atoms with Crippen molar-refractivity contribution in [1.82, 2.24) is 24.8 Å². The molecule has 2 fully saturated rings. The van der Waals surface area contributed by atoms with E-state index in [1.165, 1.54) is 12.8 Å². The Morgan fingerprint density at radius 2 is 2.12 bits per heavy atom. The second-order valence-electron chi connectivity index (χ2n) is 7.43. The van der Waals surface area contributed by atoms with Crippen molar-refractivity contribution in [3.8, 4) is 0 Å². The second-order valence-corrected chi connectivity index (χ2v) is 7.43. The average molecular weight is 327 g/mol. The lowest BCUT2D eigenvalue weighted by Crippen LogP contribution is -2.28. The minimum Gasteiger partial charge on any atom is -0.352 e. The molecule has 0 spiro atoms. The van der Waals surface area contributed by atoms with Crippen LogP contribution in [0.1, 0.15) is 55.2 Å². The van der Waals surface area contributed by atoms with E-state index >= 15 is 0 Å². The average Bonchev–Trinajstić information content (AvgIpc) is 3.10. The van der Waals surface area contributed by atoms with Gasteiger partial charge in [-0.25, -0.2) is 0 Å². The molecule has 24 heavy (non-hydrogen) atoms. The molecule has 1 amide bonds. The molecule has 2 aromatic rings. The summed E-state index contributed by atoms with van der Waals surface area (Å²) in [6.07, 6.45) is 5.47. The quantitative estimate of drug-likeness (QED) is 0.913. The van der Waals surface area contributed by atoms with Crippen LogP contribution in [-0.4, -0.2) is 51.1 Å². The molecule has 3 heterocycles. The smallest absolute Gasteiger partial charge is 0.252 e. The normalized spacial score (nSPS) is 21.7. The second kappa shape index (κ2) is 6.16. The van der Waals surface area contributed by atoms with Crippen LogP contribution in [0.25, 0.3) is 5.65 Å². The summed E-state index contributed by atoms with van der Waals surface area (Å²) in [5.74, 6) is 2.04. The number of nitrogens with zero attached hydrogens (tertiary/aromatic N) is 4. The highest BCUT2D eigenvalue weighted by Crippen LogP contribution is 2.28. The Bertz CT molecular complexity index is 749. The summed E-state index contributed by atoms with van der Waals surface area (Å²) in [4.78, 5) is 14.8. The van der Waals surface area contributed by atoms with Gasteiger partial charge in [-0.05, 0) is 57.7 Å². The number of aromatic nitrogens is 3. The maximum Gasteiger partial charge on any atom is 0.252 e. The first-order valence-electron chi connectivity index (χ1n) is 8.98. The van der Waals surface area contributed by atoms with E-state index in [0.717, 1.165) is 37.5 Å². The lowest BCUT2D eigenvalue weighted by molar-refractivity contribution is 0.0951. The zero-order chi connectivity index (χ0) is 16.7. The molecular formula is C18H25N5O. The molecular weight excluding hydrogens is 302 g/mol. The molecule has 1 aliphatic carbocycles. The number of hydrogen-bond donors (Lipinski definition) is 1. The van der Waals surface area contributed by atoms with Crippen molar-refractivity contribution in [1.29, 1.82) is 0 Å². The van der Waals surface area contributed by atoms with Crippen LogP contribution in [0, 0.1) is 5.92 Å². The van der Waals surface area contributed by atoms with Crippen molar-refractivity contribution >= 4 is 11.6 Å². The van der Waals surface area contributed by atoms with Crippen LogP contribution < -0.4 is 5.32 Å². The Hall–Kier alpha value is -1.95. The molecule has 2 aromatic heterocycles. The van der Waals surface area contributed by atoms with Gasteiger partial charge in [-0.1, -0.05) is 0 Å². The van der Waals surface area contributed by atoms with Gasteiger partial charge in [0.25, 0.3) is 5.91 Å². The summed E-state index contributed by atoms with van der Waals surface area (Å²) in [7, 11) is 0. The first kappa shape index (κ1) is 15.6. The lowest BCUT2D eigenvalue weighted by Gasteiger charge is -2.19. The van der Waals surface area contributed by atoms with Crippen molar-refractivity contribution in [2.24, 2.45) is 5.92 Å². The third kappa shape index (κ3) is 3.02. The van der Waals surface area contributed by atoms with E-state index in [1.54, 1.807) is 0 Å². The zero-order valence-corrected chi connectivity index (χ0v) is 14.4. The van der Waals surface area contributed by atoms with Gasteiger partial charge in [0.15, 0.2) is 5.65 Å². The fourth-order valence-corrected chi connectivity index (χ4v) is 3.45. The Morgan fingerprint density at radius 3 is 2.83 bits per heavy atom. The van der Waals surface area contributed by atoms with Crippen molar-refractivity contribution < 1.29 is 4.79 Å². The van der Waals surface area contributed by atoms with Gasteiger partial charge < -0.3 is 10.2 Å². The standard InChI is InChI=1S/C18H25N5O/c1-12(2)22-8-7-14(10-22)17-21-20-16-6-5-15(11-23(16)17)18(24)19-9-13-3-4-13/h5-6,11-14H,3-4,7-10H2,1-2H3,(H,19,24). The summed E-state index contributed by atoms with van der Waals surface area (Å²) in [5.41, 5.74) is 1.50. The molecule has 128 valence electrons. The molecule has 2 aliphatic rings. The summed E-state index contributed by atoms with van der Waals surface area (Å²) in [6, 6.07) is 4.28. The van der Waals surface area contributed by atoms with Crippen molar-refractivity contribution in [3.63, 3.8) is 0 Å². The largest absolute Gasteiger partial charge is 0.352 e. The first-order chi connectivity index (χ1) is 11.6. The van der Waals surface area contributed by atoms with Crippen LogP contribution >= 0.6 is 0 Å². The maximum absolute atomic E-state index is 12.3. The highest BCUT2D eigenvalue weighted by molar-refractivity contribution is 5.94. The summed E-state index contributed by atoms with van der Waals surface area (Å²) in [6.45, 7) is 7.35. The topological polar surface area (TPSA) is 62.5 Å². The number of pyridine rings is 1. The van der Waals surface area contributed by atoms with E-state index in [1.807, 2.05) is 22.7 Å². The van der Waals surface area contributed by atoms with Crippen molar-refractivity contribution in [3.05, 3.63) is 29.7 Å². The van der Waals surface area contributed by atoms with Crippen LogP contribution in [-0.2, 0) is 0 Å². The van der Waals surface area contributed by atoms with Gasteiger partial charge in [0.1, 0.15) is 5.82 Å². The van der Waals surface area contributed by atoms with Crippen LogP contribution in [0.15, 0.2) is 18.3 Å². The molecule has 1 saturated carbocycles. The Balaban J connectivity index is 1.55. The predicted molar refractivity (Wildman–Crippen MR) is 92.1 cm³/mol. The predicted octanol–water partition coefficient (Wildman–Crippen LogP) is 2.07. The number of nitrogens with one attached hydrogen (secondary N) is 1. The molecule has 1 atom stereocenters. The molecule has 1 aliphatic heterocycles. The fourth-order valence-electron chi connectivity index (χ4n) is 3.45. The minimum atomic E-state index is -0.00122. The monoisotopic (exact) mass is 327 g/mol. The van der Waals surface area contributed by atoms with Gasteiger partial charge in [-0.15, -0.1) is 10.2 Å². The molecule has 6 nitrogen and oxygen atoms in total. The summed E-state index contributed by atoms with van der Waals surface area (Å²) >= 11 is 0. The van der Waals surface area contributed by atoms with Gasteiger partial charge in [0, 0.05) is 31.2 Å². The molecule has 1 N–H and O–H groups in total. The molecule has 0 radical (unpaired) electrons. The van der Waals surface area contributed by atoms with E-state index in [2.05, 4.69) is 34.3 Å². The van der Waals surface area contributed by atoms with Crippen LogP contribution in [0.4, 0.5) is 0 Å². The van der Waals surface area contributed by atoms with Crippen LogP contribution in [0.2, 0.25) is 0 Å². The molecule has 0 bridgehead atoms. The lowest BCUT2D eigenvalue weighted by atomic mass is 10.1. The van der Waals surface area contributed by atoms with E-state index in [9.17, 15) is 4.79 Å². The summed E-state index contributed by atoms with van der Waals surface area (Å²) in [5, 5.41) is 11.7. The molecule has 6 heteroatoms. The van der Waals surface area contributed by atoms with E-state index < -0.39 is 0 Å². The van der Waals surface area contributed by atoms with Gasteiger partial charge in [0.05, 0.1) is 5.56 Å². The number of likely N-dealkylation sites (tertiary alicyclic amines) is 1. The Morgan fingerprint density at radius 1 is 1.29 bits per heavy atom. The first-order valence-corrected chi connectivity index (χ1v) is 8.98. The van der Waals surface area contributed by atoms with Crippen molar-refractivity contribution in [2.45, 2.75) is 45.1 Å². The number of carbonyl (C=O) groups is 1. The summed E-state index contributed by atoms with van der Waals surface area (Å²) < 4.78 is 2.00. The number of rotatable bonds is 5. The minimum absolute atomic E-state index is 0.00122. The van der Waals surface area contributed by atoms with E-state index in [0.29, 0.717) is 23.4 Å². The number of fused-ring (bicyclic) bond motifs is 1. The van der Waals surface area contributed by atoms with E-state index in [-0.39, 0.29) is 5.91 Å². The zero-order valence-electron chi connectivity index (χ0n) is 14.4. The van der Waals surface area contributed by atoms with Gasteiger partial charge in [-0.2, -0.15) is 0 Å². The third-order valence-corrected chi connectivity index (χ3v) is 5.25. The maximum atomic E-state index is 12.3.